The Bertz CT molecular complexity index is 508. The molecule has 0 fully saturated rings. The molecule has 1 aromatic carbocycles. The lowest BCUT2D eigenvalue weighted by Gasteiger charge is -2.12. The Hall–Kier alpha value is -1.77. The third-order valence-electron chi connectivity index (χ3n) is 2.42. The normalized spacial score (nSPS) is 10.9. The summed E-state index contributed by atoms with van der Waals surface area (Å²) in [6.07, 6.45) is 1.75. The zero-order valence-electron chi connectivity index (χ0n) is 8.90. The molecule has 0 aliphatic heterocycles. The molecule has 0 aliphatic rings. The molecule has 0 atom stereocenters. The number of benzene rings is 1. The van der Waals surface area contributed by atoms with E-state index in [0.29, 0.717) is 5.92 Å². The second-order valence-corrected chi connectivity index (χ2v) is 3.88. The van der Waals surface area contributed by atoms with Crippen LogP contribution in [0.25, 0.3) is 5.69 Å². The van der Waals surface area contributed by atoms with Crippen molar-refractivity contribution >= 4 is 0 Å². The Kier molecular flexibility index (Phi) is 2.46. The van der Waals surface area contributed by atoms with Crippen molar-refractivity contribution in [1.29, 1.82) is 0 Å². The molecule has 0 saturated carbocycles. The molecule has 3 heteroatoms. The smallest absolute Gasteiger partial charge is 0.264 e. The van der Waals surface area contributed by atoms with Crippen molar-refractivity contribution in [1.82, 2.24) is 9.78 Å². The van der Waals surface area contributed by atoms with Crippen LogP contribution in [0, 0.1) is 0 Å². The average Bonchev–Trinajstić information content (AvgIpc) is 2.65. The molecular formula is C12H14N2O. The van der Waals surface area contributed by atoms with Crippen LogP contribution in [0.1, 0.15) is 25.3 Å². The third kappa shape index (κ3) is 1.86. The summed E-state index contributed by atoms with van der Waals surface area (Å²) in [4.78, 5) is 11.1. The average molecular weight is 202 g/mol. The highest BCUT2D eigenvalue weighted by molar-refractivity contribution is 5.41. The molecule has 0 unspecified atom stereocenters. The van der Waals surface area contributed by atoms with Gasteiger partial charge in [0.25, 0.3) is 5.56 Å². The molecule has 2 aromatic rings. The first-order chi connectivity index (χ1) is 7.18. The standard InChI is InChI=1S/C12H14N2O/c1-9(2)10-5-3-4-6-11(10)14-8-7-12(15)13-14/h3-9H,1-2H3,(H,13,15). The molecule has 0 radical (unpaired) electrons. The van der Waals surface area contributed by atoms with Gasteiger partial charge in [-0.3, -0.25) is 14.6 Å². The molecule has 3 nitrogen and oxygen atoms in total. The summed E-state index contributed by atoms with van der Waals surface area (Å²) in [5.74, 6) is 0.437. The van der Waals surface area contributed by atoms with Gasteiger partial charge in [0, 0.05) is 12.3 Å². The number of rotatable bonds is 2. The van der Waals surface area contributed by atoms with Gasteiger partial charge in [0.15, 0.2) is 0 Å². The monoisotopic (exact) mass is 202 g/mol. The fourth-order valence-corrected chi connectivity index (χ4v) is 1.67. The number of hydrogen-bond donors (Lipinski definition) is 1. The molecule has 2 rings (SSSR count). The lowest BCUT2D eigenvalue weighted by atomic mass is 10.0. The van der Waals surface area contributed by atoms with Gasteiger partial charge in [-0.1, -0.05) is 32.0 Å². The maximum Gasteiger partial charge on any atom is 0.264 e. The Morgan fingerprint density at radius 1 is 1.20 bits per heavy atom. The summed E-state index contributed by atoms with van der Waals surface area (Å²) in [6, 6.07) is 9.60. The van der Waals surface area contributed by atoms with Crippen LogP contribution in [-0.4, -0.2) is 9.78 Å². The van der Waals surface area contributed by atoms with Gasteiger partial charge in [-0.05, 0) is 17.5 Å². The summed E-state index contributed by atoms with van der Waals surface area (Å²) in [5, 5.41) is 2.75. The van der Waals surface area contributed by atoms with Crippen LogP contribution in [0.2, 0.25) is 0 Å². The van der Waals surface area contributed by atoms with Gasteiger partial charge in [0.2, 0.25) is 0 Å². The maximum atomic E-state index is 11.1. The number of aromatic nitrogens is 2. The van der Waals surface area contributed by atoms with E-state index < -0.39 is 0 Å². The molecule has 0 saturated heterocycles. The van der Waals surface area contributed by atoms with Crippen LogP contribution < -0.4 is 5.56 Å². The van der Waals surface area contributed by atoms with Crippen LogP contribution in [0.15, 0.2) is 41.3 Å². The van der Waals surface area contributed by atoms with Gasteiger partial charge in [-0.15, -0.1) is 0 Å². The Morgan fingerprint density at radius 3 is 2.53 bits per heavy atom. The second-order valence-electron chi connectivity index (χ2n) is 3.88. The highest BCUT2D eigenvalue weighted by Crippen LogP contribution is 2.21. The van der Waals surface area contributed by atoms with E-state index in [4.69, 9.17) is 0 Å². The topological polar surface area (TPSA) is 37.8 Å². The van der Waals surface area contributed by atoms with Crippen molar-refractivity contribution < 1.29 is 0 Å². The quantitative estimate of drug-likeness (QED) is 0.797. The highest BCUT2D eigenvalue weighted by atomic mass is 16.1. The number of nitrogens with zero attached hydrogens (tertiary/aromatic N) is 1. The Morgan fingerprint density at radius 2 is 1.93 bits per heavy atom. The van der Waals surface area contributed by atoms with Gasteiger partial charge in [0.05, 0.1) is 5.69 Å². The van der Waals surface area contributed by atoms with E-state index in [1.54, 1.807) is 10.9 Å². The van der Waals surface area contributed by atoms with E-state index in [9.17, 15) is 4.79 Å². The Labute approximate surface area is 88.4 Å². The zero-order valence-corrected chi connectivity index (χ0v) is 8.90. The Balaban J connectivity index is 2.57. The van der Waals surface area contributed by atoms with E-state index in [0.717, 1.165) is 5.69 Å². The van der Waals surface area contributed by atoms with Crippen molar-refractivity contribution in [2.45, 2.75) is 19.8 Å². The lowest BCUT2D eigenvalue weighted by Crippen LogP contribution is -2.06. The summed E-state index contributed by atoms with van der Waals surface area (Å²) < 4.78 is 1.76. The van der Waals surface area contributed by atoms with Crippen LogP contribution >= 0.6 is 0 Å². The van der Waals surface area contributed by atoms with E-state index in [2.05, 4.69) is 25.0 Å². The minimum absolute atomic E-state index is 0.0754. The largest absolute Gasteiger partial charge is 0.268 e. The molecule has 0 aliphatic carbocycles. The van der Waals surface area contributed by atoms with Gasteiger partial charge >= 0.3 is 0 Å². The molecule has 1 N–H and O–H groups in total. The van der Waals surface area contributed by atoms with Crippen molar-refractivity contribution in [2.75, 3.05) is 0 Å². The van der Waals surface area contributed by atoms with E-state index in [-0.39, 0.29) is 5.56 Å². The molecule has 1 heterocycles. The van der Waals surface area contributed by atoms with Crippen LogP contribution in [0.3, 0.4) is 0 Å². The summed E-state index contributed by atoms with van der Waals surface area (Å²) in [7, 11) is 0. The minimum atomic E-state index is -0.0754. The van der Waals surface area contributed by atoms with Crippen LogP contribution in [0.4, 0.5) is 0 Å². The number of para-hydroxylation sites is 1. The van der Waals surface area contributed by atoms with E-state index in [1.165, 1.54) is 11.6 Å². The molecule has 78 valence electrons. The van der Waals surface area contributed by atoms with Gasteiger partial charge in [-0.25, -0.2) is 0 Å². The zero-order chi connectivity index (χ0) is 10.8. The summed E-state index contributed by atoms with van der Waals surface area (Å²) in [5.41, 5.74) is 2.19. The lowest BCUT2D eigenvalue weighted by molar-refractivity contribution is 0.802. The summed E-state index contributed by atoms with van der Waals surface area (Å²) in [6.45, 7) is 4.28. The van der Waals surface area contributed by atoms with Gasteiger partial charge in [-0.2, -0.15) is 0 Å². The predicted molar refractivity (Wildman–Crippen MR) is 60.5 cm³/mol. The molecule has 1 aromatic heterocycles. The number of H-pyrrole nitrogens is 1. The van der Waals surface area contributed by atoms with Crippen molar-refractivity contribution in [3.8, 4) is 5.69 Å². The van der Waals surface area contributed by atoms with Crippen molar-refractivity contribution in [2.24, 2.45) is 0 Å². The molecule has 0 amide bonds. The van der Waals surface area contributed by atoms with Gasteiger partial charge < -0.3 is 0 Å². The van der Waals surface area contributed by atoms with Crippen LogP contribution in [0.5, 0.6) is 0 Å². The van der Waals surface area contributed by atoms with Crippen molar-refractivity contribution in [3.05, 3.63) is 52.4 Å². The first-order valence-corrected chi connectivity index (χ1v) is 5.05. The number of aromatic amines is 1. The van der Waals surface area contributed by atoms with Crippen LogP contribution in [-0.2, 0) is 0 Å². The summed E-state index contributed by atoms with van der Waals surface area (Å²) >= 11 is 0. The molecular weight excluding hydrogens is 188 g/mol. The molecule has 0 spiro atoms. The maximum absolute atomic E-state index is 11.1. The fraction of sp³-hybridized carbons (Fsp3) is 0.250. The first-order valence-electron chi connectivity index (χ1n) is 5.05. The predicted octanol–water partition coefficient (Wildman–Crippen LogP) is 2.29. The number of nitrogens with one attached hydrogen (secondary N) is 1. The second kappa shape index (κ2) is 3.77. The van der Waals surface area contributed by atoms with Gasteiger partial charge in [0.1, 0.15) is 0 Å². The van der Waals surface area contributed by atoms with E-state index in [1.807, 2.05) is 18.2 Å². The third-order valence-corrected chi connectivity index (χ3v) is 2.42. The highest BCUT2D eigenvalue weighted by Gasteiger charge is 2.06. The molecule has 15 heavy (non-hydrogen) atoms. The minimum Gasteiger partial charge on any atom is -0.268 e. The van der Waals surface area contributed by atoms with Crippen molar-refractivity contribution in [3.63, 3.8) is 0 Å². The first kappa shape index (κ1) is 9.77. The van der Waals surface area contributed by atoms with E-state index >= 15 is 0 Å². The SMILES string of the molecule is CC(C)c1ccccc1-n1ccc(=O)[nH]1. The fourth-order valence-electron chi connectivity index (χ4n) is 1.67. The molecule has 0 bridgehead atoms. The number of hydrogen-bond acceptors (Lipinski definition) is 1.